The number of methoxy groups -OCH3 is 1. The third-order valence-corrected chi connectivity index (χ3v) is 4.78. The maximum absolute atomic E-state index is 12.4. The highest BCUT2D eigenvalue weighted by Crippen LogP contribution is 2.21. The van der Waals surface area contributed by atoms with E-state index in [2.05, 4.69) is 10.6 Å². The molecule has 0 heterocycles. The summed E-state index contributed by atoms with van der Waals surface area (Å²) in [6, 6.07) is 20.2. The van der Waals surface area contributed by atoms with Crippen molar-refractivity contribution in [2.24, 2.45) is 0 Å². The van der Waals surface area contributed by atoms with E-state index in [-0.39, 0.29) is 5.91 Å². The van der Waals surface area contributed by atoms with E-state index >= 15 is 0 Å². The molecule has 28 heavy (non-hydrogen) atoms. The van der Waals surface area contributed by atoms with Gasteiger partial charge in [-0.1, -0.05) is 41.4 Å². The molecule has 0 saturated heterocycles. The molecule has 0 aliphatic heterocycles. The minimum atomic E-state index is -0.166. The lowest BCUT2D eigenvalue weighted by molar-refractivity contribution is 0.102. The first kappa shape index (κ1) is 20.2. The van der Waals surface area contributed by atoms with Crippen LogP contribution in [-0.4, -0.2) is 13.0 Å². The van der Waals surface area contributed by atoms with Gasteiger partial charge in [-0.3, -0.25) is 4.79 Å². The zero-order valence-corrected chi connectivity index (χ0v) is 16.8. The Kier molecular flexibility index (Phi) is 6.93. The van der Waals surface area contributed by atoms with Crippen molar-refractivity contribution in [2.75, 3.05) is 12.4 Å². The van der Waals surface area contributed by atoms with Gasteiger partial charge in [-0.15, -0.1) is 0 Å². The maximum atomic E-state index is 12.4. The molecule has 0 fully saturated rings. The van der Waals surface area contributed by atoms with Crippen LogP contribution in [0, 0.1) is 0 Å². The van der Waals surface area contributed by atoms with Crippen molar-refractivity contribution in [1.29, 1.82) is 0 Å². The Bertz CT molecular complexity index is 959. The molecule has 0 aliphatic rings. The summed E-state index contributed by atoms with van der Waals surface area (Å²) in [5, 5.41) is 7.52. The standard InChI is InChI=1S/C22H20Cl2N2O2/c1-28-20-9-6-16(7-10-20)22(27)26-19-4-2-3-15(11-19)13-25-14-17-5-8-18(23)12-21(17)24/h2-12,25H,13-14H2,1H3,(H,26,27). The van der Waals surface area contributed by atoms with E-state index in [4.69, 9.17) is 27.9 Å². The number of rotatable bonds is 7. The largest absolute Gasteiger partial charge is 0.497 e. The van der Waals surface area contributed by atoms with Gasteiger partial charge in [-0.2, -0.15) is 0 Å². The lowest BCUT2D eigenvalue weighted by Crippen LogP contribution is -2.14. The van der Waals surface area contributed by atoms with Crippen LogP contribution in [0.5, 0.6) is 5.75 Å². The summed E-state index contributed by atoms with van der Waals surface area (Å²) in [5.74, 6) is 0.547. The fourth-order valence-corrected chi connectivity index (χ4v) is 3.19. The van der Waals surface area contributed by atoms with Crippen molar-refractivity contribution < 1.29 is 9.53 Å². The molecule has 0 bridgehead atoms. The normalized spacial score (nSPS) is 10.5. The van der Waals surface area contributed by atoms with Gasteiger partial charge in [-0.05, 0) is 59.7 Å². The average molecular weight is 415 g/mol. The first-order valence-electron chi connectivity index (χ1n) is 8.74. The molecule has 3 aromatic rings. The van der Waals surface area contributed by atoms with Gasteiger partial charge in [-0.25, -0.2) is 0 Å². The lowest BCUT2D eigenvalue weighted by atomic mass is 10.1. The van der Waals surface area contributed by atoms with Gasteiger partial charge >= 0.3 is 0 Å². The number of carbonyl (C=O) groups is 1. The highest BCUT2D eigenvalue weighted by molar-refractivity contribution is 6.35. The zero-order valence-electron chi connectivity index (χ0n) is 15.3. The predicted molar refractivity (Wildman–Crippen MR) is 114 cm³/mol. The van der Waals surface area contributed by atoms with Crippen LogP contribution in [0.15, 0.2) is 66.7 Å². The first-order chi connectivity index (χ1) is 13.5. The van der Waals surface area contributed by atoms with Crippen LogP contribution in [0.3, 0.4) is 0 Å². The topological polar surface area (TPSA) is 50.4 Å². The summed E-state index contributed by atoms with van der Waals surface area (Å²) in [6.07, 6.45) is 0. The summed E-state index contributed by atoms with van der Waals surface area (Å²) in [7, 11) is 1.59. The summed E-state index contributed by atoms with van der Waals surface area (Å²) >= 11 is 12.1. The van der Waals surface area contributed by atoms with Gasteiger partial charge in [0, 0.05) is 34.4 Å². The van der Waals surface area contributed by atoms with Crippen molar-refractivity contribution in [1.82, 2.24) is 5.32 Å². The minimum absolute atomic E-state index is 0.166. The van der Waals surface area contributed by atoms with E-state index in [0.717, 1.165) is 16.8 Å². The predicted octanol–water partition coefficient (Wildman–Crippen LogP) is 5.54. The van der Waals surface area contributed by atoms with E-state index in [1.165, 1.54) is 0 Å². The number of ether oxygens (including phenoxy) is 1. The van der Waals surface area contributed by atoms with Gasteiger partial charge in [0.25, 0.3) is 5.91 Å². The fraction of sp³-hybridized carbons (Fsp3) is 0.136. The molecule has 2 N–H and O–H groups in total. The number of hydrogen-bond donors (Lipinski definition) is 2. The van der Waals surface area contributed by atoms with Crippen molar-refractivity contribution in [2.45, 2.75) is 13.1 Å². The molecule has 0 radical (unpaired) electrons. The molecule has 3 rings (SSSR count). The van der Waals surface area contributed by atoms with Gasteiger partial charge in [0.15, 0.2) is 0 Å². The van der Waals surface area contributed by atoms with E-state index in [1.54, 1.807) is 37.4 Å². The second-order valence-electron chi connectivity index (χ2n) is 6.22. The molecule has 0 aromatic heterocycles. The number of anilines is 1. The second-order valence-corrected chi connectivity index (χ2v) is 7.07. The molecule has 6 heteroatoms. The monoisotopic (exact) mass is 414 g/mol. The van der Waals surface area contributed by atoms with Gasteiger partial charge in [0.2, 0.25) is 0 Å². The summed E-state index contributed by atoms with van der Waals surface area (Å²) in [5.41, 5.74) is 3.35. The Labute approximate surface area is 174 Å². The third-order valence-electron chi connectivity index (χ3n) is 4.20. The number of hydrogen-bond acceptors (Lipinski definition) is 3. The first-order valence-corrected chi connectivity index (χ1v) is 9.50. The van der Waals surface area contributed by atoms with Crippen LogP contribution in [0.4, 0.5) is 5.69 Å². The molecule has 0 spiro atoms. The quantitative estimate of drug-likeness (QED) is 0.533. The number of amides is 1. The van der Waals surface area contributed by atoms with Gasteiger partial charge < -0.3 is 15.4 Å². The smallest absolute Gasteiger partial charge is 0.255 e. The number of nitrogens with one attached hydrogen (secondary N) is 2. The molecule has 0 unspecified atom stereocenters. The highest BCUT2D eigenvalue weighted by Gasteiger charge is 2.07. The lowest BCUT2D eigenvalue weighted by Gasteiger charge is -2.10. The average Bonchev–Trinajstić information content (AvgIpc) is 2.70. The van der Waals surface area contributed by atoms with E-state index in [0.29, 0.717) is 34.4 Å². The Balaban J connectivity index is 1.57. The number of carbonyl (C=O) groups excluding carboxylic acids is 1. The Morgan fingerprint density at radius 2 is 1.75 bits per heavy atom. The second kappa shape index (κ2) is 9.60. The van der Waals surface area contributed by atoms with Crippen molar-refractivity contribution in [3.63, 3.8) is 0 Å². The van der Waals surface area contributed by atoms with E-state index in [1.807, 2.05) is 36.4 Å². The fourth-order valence-electron chi connectivity index (χ4n) is 2.71. The maximum Gasteiger partial charge on any atom is 0.255 e. The van der Waals surface area contributed by atoms with Crippen molar-refractivity contribution in [3.05, 3.63) is 93.5 Å². The van der Waals surface area contributed by atoms with E-state index < -0.39 is 0 Å². The third kappa shape index (κ3) is 5.49. The number of benzene rings is 3. The van der Waals surface area contributed by atoms with Gasteiger partial charge in [0.1, 0.15) is 5.75 Å². The zero-order chi connectivity index (χ0) is 19.9. The van der Waals surface area contributed by atoms with Crippen LogP contribution < -0.4 is 15.4 Å². The number of halogens is 2. The van der Waals surface area contributed by atoms with Crippen molar-refractivity contribution >= 4 is 34.8 Å². The van der Waals surface area contributed by atoms with Crippen LogP contribution in [-0.2, 0) is 13.1 Å². The van der Waals surface area contributed by atoms with E-state index in [9.17, 15) is 4.79 Å². The molecule has 0 atom stereocenters. The molecule has 0 saturated carbocycles. The van der Waals surface area contributed by atoms with Crippen LogP contribution in [0.2, 0.25) is 10.0 Å². The molecule has 4 nitrogen and oxygen atoms in total. The van der Waals surface area contributed by atoms with Crippen LogP contribution in [0.1, 0.15) is 21.5 Å². The Hall–Kier alpha value is -2.53. The van der Waals surface area contributed by atoms with Crippen molar-refractivity contribution in [3.8, 4) is 5.75 Å². The SMILES string of the molecule is COc1ccc(C(=O)Nc2cccc(CNCc3ccc(Cl)cc3Cl)c2)cc1. The highest BCUT2D eigenvalue weighted by atomic mass is 35.5. The molecule has 0 aliphatic carbocycles. The summed E-state index contributed by atoms with van der Waals surface area (Å²) < 4.78 is 5.11. The molecular weight excluding hydrogens is 395 g/mol. The van der Waals surface area contributed by atoms with Crippen LogP contribution >= 0.6 is 23.2 Å². The minimum Gasteiger partial charge on any atom is -0.497 e. The Morgan fingerprint density at radius 1 is 0.964 bits per heavy atom. The summed E-state index contributed by atoms with van der Waals surface area (Å²) in [6.45, 7) is 1.27. The Morgan fingerprint density at radius 3 is 2.46 bits per heavy atom. The van der Waals surface area contributed by atoms with Gasteiger partial charge in [0.05, 0.1) is 7.11 Å². The molecule has 3 aromatic carbocycles. The van der Waals surface area contributed by atoms with Crippen LogP contribution in [0.25, 0.3) is 0 Å². The summed E-state index contributed by atoms with van der Waals surface area (Å²) in [4.78, 5) is 12.4. The molecular formula is C22H20Cl2N2O2. The molecule has 144 valence electrons. The molecule has 1 amide bonds.